The van der Waals surface area contributed by atoms with E-state index in [1.54, 1.807) is 4.90 Å². The van der Waals surface area contributed by atoms with Crippen molar-refractivity contribution in [1.29, 1.82) is 5.26 Å². The van der Waals surface area contributed by atoms with Crippen LogP contribution >= 0.6 is 0 Å². The minimum Gasteiger partial charge on any atom is -0.349 e. The first-order chi connectivity index (χ1) is 9.77. The third kappa shape index (κ3) is 2.81. The second kappa shape index (κ2) is 5.52. The average molecular weight is 284 g/mol. The second-order valence-corrected chi connectivity index (χ2v) is 7.21. The van der Waals surface area contributed by atoms with Crippen molar-refractivity contribution in [3.63, 3.8) is 0 Å². The van der Waals surface area contributed by atoms with Crippen LogP contribution in [0.3, 0.4) is 0 Å². The maximum atomic E-state index is 12.7. The number of amides is 1. The van der Waals surface area contributed by atoms with Gasteiger partial charge in [0.1, 0.15) is 0 Å². The van der Waals surface area contributed by atoms with Gasteiger partial charge in [0.25, 0.3) is 0 Å². The van der Waals surface area contributed by atoms with E-state index in [0.717, 1.165) is 24.0 Å². The lowest BCUT2D eigenvalue weighted by atomic mass is 9.70. The Morgan fingerprint density at radius 3 is 2.57 bits per heavy atom. The van der Waals surface area contributed by atoms with Crippen LogP contribution < -0.4 is 0 Å². The number of carbonyl (C=O) groups excluding carboxylic acids is 1. The standard InChI is InChI=1S/C18H24N2O/c1-18(2,3)16(17(21)20(4)5)15-10-9-13-12(11-19)7-6-8-14(13)15/h6-8,15-16H,9-10H2,1-5H3. The van der Waals surface area contributed by atoms with E-state index in [1.165, 1.54) is 5.56 Å². The van der Waals surface area contributed by atoms with Crippen LogP contribution in [0.2, 0.25) is 0 Å². The molecule has 0 spiro atoms. The number of benzene rings is 1. The molecular formula is C18H24N2O. The van der Waals surface area contributed by atoms with Gasteiger partial charge >= 0.3 is 0 Å². The van der Waals surface area contributed by atoms with Gasteiger partial charge in [-0.3, -0.25) is 4.79 Å². The summed E-state index contributed by atoms with van der Waals surface area (Å²) in [7, 11) is 3.64. The molecule has 0 fully saturated rings. The van der Waals surface area contributed by atoms with Gasteiger partial charge in [-0.15, -0.1) is 0 Å². The maximum absolute atomic E-state index is 12.7. The predicted octanol–water partition coefficient (Wildman–Crippen LogP) is 3.34. The lowest BCUT2D eigenvalue weighted by molar-refractivity contribution is -0.137. The molecule has 3 nitrogen and oxygen atoms in total. The van der Waals surface area contributed by atoms with Gasteiger partial charge in [-0.1, -0.05) is 32.9 Å². The smallest absolute Gasteiger partial charge is 0.226 e. The van der Waals surface area contributed by atoms with Crippen LogP contribution in [-0.4, -0.2) is 24.9 Å². The van der Waals surface area contributed by atoms with E-state index in [4.69, 9.17) is 0 Å². The zero-order valence-corrected chi connectivity index (χ0v) is 13.6. The molecule has 0 saturated carbocycles. The van der Waals surface area contributed by atoms with Gasteiger partial charge in [-0.25, -0.2) is 0 Å². The molecule has 0 bridgehead atoms. The third-order valence-corrected chi connectivity index (χ3v) is 4.48. The number of fused-ring (bicyclic) bond motifs is 1. The number of nitriles is 1. The lowest BCUT2D eigenvalue weighted by Crippen LogP contribution is -2.40. The van der Waals surface area contributed by atoms with Gasteiger partial charge in [0.2, 0.25) is 5.91 Å². The van der Waals surface area contributed by atoms with Crippen molar-refractivity contribution in [3.05, 3.63) is 34.9 Å². The Morgan fingerprint density at radius 2 is 2.05 bits per heavy atom. The van der Waals surface area contributed by atoms with Crippen molar-refractivity contribution in [3.8, 4) is 6.07 Å². The van der Waals surface area contributed by atoms with Crippen molar-refractivity contribution in [2.45, 2.75) is 39.5 Å². The van der Waals surface area contributed by atoms with Crippen LogP contribution in [-0.2, 0) is 11.2 Å². The second-order valence-electron chi connectivity index (χ2n) is 7.21. The molecule has 2 rings (SSSR count). The molecule has 0 aromatic heterocycles. The van der Waals surface area contributed by atoms with E-state index in [-0.39, 0.29) is 23.2 Å². The summed E-state index contributed by atoms with van der Waals surface area (Å²) in [5.41, 5.74) is 3.01. The number of hydrogen-bond acceptors (Lipinski definition) is 2. The van der Waals surface area contributed by atoms with Crippen molar-refractivity contribution in [1.82, 2.24) is 4.90 Å². The fraction of sp³-hybridized carbons (Fsp3) is 0.556. The Hall–Kier alpha value is -1.82. The molecule has 0 saturated heterocycles. The Morgan fingerprint density at radius 1 is 1.38 bits per heavy atom. The van der Waals surface area contributed by atoms with Crippen molar-refractivity contribution in [2.75, 3.05) is 14.1 Å². The molecule has 1 aromatic carbocycles. The minimum atomic E-state index is -0.101. The van der Waals surface area contributed by atoms with Gasteiger partial charge in [0.05, 0.1) is 11.6 Å². The number of carbonyl (C=O) groups is 1. The van der Waals surface area contributed by atoms with Gasteiger partial charge in [-0.2, -0.15) is 5.26 Å². The number of hydrogen-bond donors (Lipinski definition) is 0. The van der Waals surface area contributed by atoms with Crippen molar-refractivity contribution >= 4 is 5.91 Å². The molecule has 1 aliphatic rings. The zero-order chi connectivity index (χ0) is 15.8. The Bertz CT molecular complexity index is 590. The summed E-state index contributed by atoms with van der Waals surface area (Å²) in [5.74, 6) is 0.341. The topological polar surface area (TPSA) is 44.1 Å². The molecule has 0 aliphatic heterocycles. The highest BCUT2D eigenvalue weighted by Crippen LogP contribution is 2.46. The SMILES string of the molecule is CN(C)C(=O)C(C1CCc2c(C#N)cccc21)C(C)(C)C. The zero-order valence-electron chi connectivity index (χ0n) is 13.6. The summed E-state index contributed by atoms with van der Waals surface area (Å²) >= 11 is 0. The Labute approximate surface area is 127 Å². The van der Waals surface area contributed by atoms with Crippen LogP contribution in [0.25, 0.3) is 0 Å². The van der Waals surface area contributed by atoms with Crippen LogP contribution in [0.15, 0.2) is 18.2 Å². The van der Waals surface area contributed by atoms with Gasteiger partial charge in [0.15, 0.2) is 0 Å². The Balaban J connectivity index is 2.48. The van der Waals surface area contributed by atoms with Gasteiger partial charge in [0, 0.05) is 20.0 Å². The van der Waals surface area contributed by atoms with Gasteiger partial charge < -0.3 is 4.90 Å². The quantitative estimate of drug-likeness (QED) is 0.836. The summed E-state index contributed by atoms with van der Waals surface area (Å²) in [5, 5.41) is 9.26. The lowest BCUT2D eigenvalue weighted by Gasteiger charge is -2.36. The summed E-state index contributed by atoms with van der Waals surface area (Å²) < 4.78 is 0. The molecule has 112 valence electrons. The Kier molecular flexibility index (Phi) is 4.09. The van der Waals surface area contributed by atoms with E-state index < -0.39 is 0 Å². The highest BCUT2D eigenvalue weighted by atomic mass is 16.2. The predicted molar refractivity (Wildman–Crippen MR) is 83.9 cm³/mol. The molecule has 0 heterocycles. The van der Waals surface area contributed by atoms with Crippen LogP contribution in [0.4, 0.5) is 0 Å². The molecule has 1 aromatic rings. The molecule has 3 heteroatoms. The first kappa shape index (κ1) is 15.6. The highest BCUT2D eigenvalue weighted by molar-refractivity contribution is 5.80. The first-order valence-electron chi connectivity index (χ1n) is 7.50. The molecule has 2 unspecified atom stereocenters. The van der Waals surface area contributed by atoms with Crippen molar-refractivity contribution < 1.29 is 4.79 Å². The molecule has 0 radical (unpaired) electrons. The number of rotatable bonds is 2. The summed E-state index contributed by atoms with van der Waals surface area (Å²) in [4.78, 5) is 14.4. The van der Waals surface area contributed by atoms with Gasteiger partial charge in [-0.05, 0) is 41.4 Å². The van der Waals surface area contributed by atoms with E-state index in [1.807, 2.05) is 26.2 Å². The average Bonchev–Trinajstić information content (AvgIpc) is 2.81. The van der Waals surface area contributed by atoms with Crippen LogP contribution in [0.1, 0.15) is 49.8 Å². The summed E-state index contributed by atoms with van der Waals surface area (Å²) in [6.45, 7) is 6.39. The number of nitrogens with zero attached hydrogens (tertiary/aromatic N) is 2. The van der Waals surface area contributed by atoms with Crippen LogP contribution in [0, 0.1) is 22.7 Å². The highest BCUT2D eigenvalue weighted by Gasteiger charge is 2.42. The molecule has 2 atom stereocenters. The monoisotopic (exact) mass is 284 g/mol. The largest absolute Gasteiger partial charge is 0.349 e. The minimum absolute atomic E-state index is 0.0531. The molecule has 1 aliphatic carbocycles. The normalized spacial score (nSPS) is 18.8. The molecule has 1 amide bonds. The van der Waals surface area contributed by atoms with E-state index in [2.05, 4.69) is 32.9 Å². The molecule has 21 heavy (non-hydrogen) atoms. The third-order valence-electron chi connectivity index (χ3n) is 4.48. The fourth-order valence-electron chi connectivity index (χ4n) is 3.56. The van der Waals surface area contributed by atoms with E-state index in [0.29, 0.717) is 0 Å². The van der Waals surface area contributed by atoms with E-state index in [9.17, 15) is 10.1 Å². The molecule has 0 N–H and O–H groups in total. The molecular weight excluding hydrogens is 260 g/mol. The summed E-state index contributed by atoms with van der Waals surface area (Å²) in [6, 6.07) is 8.19. The first-order valence-corrected chi connectivity index (χ1v) is 7.50. The summed E-state index contributed by atoms with van der Waals surface area (Å²) in [6.07, 6.45) is 1.85. The van der Waals surface area contributed by atoms with Crippen LogP contribution in [0.5, 0.6) is 0 Å². The fourth-order valence-corrected chi connectivity index (χ4v) is 3.56. The van der Waals surface area contributed by atoms with E-state index >= 15 is 0 Å². The maximum Gasteiger partial charge on any atom is 0.226 e. The van der Waals surface area contributed by atoms with Crippen molar-refractivity contribution in [2.24, 2.45) is 11.3 Å².